The second-order valence-corrected chi connectivity index (χ2v) is 20.5. The number of rotatable bonds is 10. The number of unbranched alkanes of at least 4 members (excludes halogenated alkanes) is 3. The molecular formula is C17H34Sn. The Balaban J connectivity index is 2.72. The van der Waals surface area contributed by atoms with Gasteiger partial charge in [0.15, 0.2) is 0 Å². The number of hydrogen-bond donors (Lipinski definition) is 0. The van der Waals surface area contributed by atoms with Gasteiger partial charge in [0.2, 0.25) is 0 Å². The summed E-state index contributed by atoms with van der Waals surface area (Å²) in [7, 11) is 0. The molecule has 0 aliphatic heterocycles. The van der Waals surface area contributed by atoms with E-state index in [1.807, 2.05) is 0 Å². The van der Waals surface area contributed by atoms with Gasteiger partial charge in [-0.1, -0.05) is 0 Å². The molecule has 106 valence electrons. The molecule has 0 bridgehead atoms. The van der Waals surface area contributed by atoms with Gasteiger partial charge >= 0.3 is 120 Å². The summed E-state index contributed by atoms with van der Waals surface area (Å²) in [6.45, 7) is 7.13. The van der Waals surface area contributed by atoms with Crippen LogP contribution in [-0.2, 0) is 0 Å². The number of hydrogen-bond acceptors (Lipinski definition) is 0. The van der Waals surface area contributed by atoms with Gasteiger partial charge in [0.05, 0.1) is 0 Å². The Morgan fingerprint density at radius 1 is 0.889 bits per heavy atom. The Hall–Kier alpha value is 0.539. The van der Waals surface area contributed by atoms with E-state index in [1.165, 1.54) is 51.4 Å². The molecule has 1 atom stereocenters. The summed E-state index contributed by atoms with van der Waals surface area (Å²) >= 11 is -1.86. The van der Waals surface area contributed by atoms with Crippen LogP contribution in [0.2, 0.25) is 17.2 Å². The topological polar surface area (TPSA) is 0 Å². The van der Waals surface area contributed by atoms with Crippen LogP contribution >= 0.6 is 0 Å². The second-order valence-electron chi connectivity index (χ2n) is 6.29. The van der Waals surface area contributed by atoms with E-state index in [0.29, 0.717) is 0 Å². The molecule has 0 amide bonds. The van der Waals surface area contributed by atoms with Crippen LogP contribution in [0.3, 0.4) is 0 Å². The van der Waals surface area contributed by atoms with Crippen LogP contribution in [-0.4, -0.2) is 18.4 Å². The van der Waals surface area contributed by atoms with E-state index in [1.54, 1.807) is 13.3 Å². The van der Waals surface area contributed by atoms with E-state index in [9.17, 15) is 0 Å². The maximum atomic E-state index is 2.65. The van der Waals surface area contributed by atoms with E-state index < -0.39 is 18.4 Å². The van der Waals surface area contributed by atoms with Gasteiger partial charge in [-0.2, -0.15) is 0 Å². The van der Waals surface area contributed by atoms with Crippen molar-refractivity contribution in [2.45, 2.75) is 89.4 Å². The van der Waals surface area contributed by atoms with Gasteiger partial charge < -0.3 is 0 Å². The molecule has 1 aliphatic carbocycles. The van der Waals surface area contributed by atoms with E-state index in [0.717, 1.165) is 3.93 Å². The summed E-state index contributed by atoms with van der Waals surface area (Å²) in [6.07, 6.45) is 16.8. The molecule has 18 heavy (non-hydrogen) atoms. The van der Waals surface area contributed by atoms with Gasteiger partial charge in [-0.15, -0.1) is 0 Å². The SMILES string of the molecule is CCC[CH2][Sn]([CH2]CCC)([CH2]CCC)[CH]1C=CCC1. The van der Waals surface area contributed by atoms with E-state index in [2.05, 4.69) is 32.9 Å². The Bertz CT molecular complexity index is 210. The first-order valence-corrected chi connectivity index (χ1v) is 16.2. The quantitative estimate of drug-likeness (QED) is 0.307. The van der Waals surface area contributed by atoms with Crippen molar-refractivity contribution in [1.29, 1.82) is 0 Å². The number of allylic oxidation sites excluding steroid dienone is 2. The van der Waals surface area contributed by atoms with Gasteiger partial charge in [0.25, 0.3) is 0 Å². The van der Waals surface area contributed by atoms with Crippen molar-refractivity contribution < 1.29 is 0 Å². The van der Waals surface area contributed by atoms with Gasteiger partial charge in [-0.25, -0.2) is 0 Å². The molecule has 1 rings (SSSR count). The summed E-state index contributed by atoms with van der Waals surface area (Å²) in [5, 5.41) is 0. The molecule has 0 aromatic carbocycles. The third-order valence-electron chi connectivity index (χ3n) is 4.88. The fraction of sp³-hybridized carbons (Fsp3) is 0.882. The zero-order valence-corrected chi connectivity index (χ0v) is 15.9. The Morgan fingerprint density at radius 2 is 1.39 bits per heavy atom. The Morgan fingerprint density at radius 3 is 1.72 bits per heavy atom. The van der Waals surface area contributed by atoms with Gasteiger partial charge in [-0.05, 0) is 0 Å². The molecule has 0 fully saturated rings. The molecule has 0 saturated heterocycles. The van der Waals surface area contributed by atoms with Crippen molar-refractivity contribution in [2.75, 3.05) is 0 Å². The van der Waals surface area contributed by atoms with Crippen LogP contribution in [0.1, 0.15) is 72.1 Å². The summed E-state index contributed by atoms with van der Waals surface area (Å²) in [4.78, 5) is 0. The van der Waals surface area contributed by atoms with E-state index in [4.69, 9.17) is 0 Å². The summed E-state index contributed by atoms with van der Waals surface area (Å²) < 4.78 is 6.14. The first-order chi connectivity index (χ1) is 8.79. The standard InChI is InChI=1S/C5H7.3C4H9.Sn/c1-2-4-5-3-1;3*1-3-4-2;/h1-3H,4-5H2;3*1,3-4H2,2H3;. The van der Waals surface area contributed by atoms with Crippen molar-refractivity contribution >= 4 is 18.4 Å². The van der Waals surface area contributed by atoms with Crippen LogP contribution in [0.4, 0.5) is 0 Å². The maximum absolute atomic E-state index is 2.65. The fourth-order valence-corrected chi connectivity index (χ4v) is 21.8. The fourth-order valence-electron chi connectivity index (χ4n) is 3.66. The molecular weight excluding hydrogens is 323 g/mol. The summed E-state index contributed by atoms with van der Waals surface area (Å²) in [5.74, 6) is 0. The molecule has 1 heteroatoms. The van der Waals surface area contributed by atoms with Crippen molar-refractivity contribution in [3.05, 3.63) is 12.2 Å². The average Bonchev–Trinajstić information content (AvgIpc) is 2.93. The van der Waals surface area contributed by atoms with Gasteiger partial charge in [0, 0.05) is 0 Å². The zero-order valence-electron chi connectivity index (χ0n) is 13.0. The molecule has 0 heterocycles. The Kier molecular flexibility index (Phi) is 8.71. The minimum absolute atomic E-state index is 1.10. The van der Waals surface area contributed by atoms with Crippen molar-refractivity contribution in [1.82, 2.24) is 0 Å². The van der Waals surface area contributed by atoms with Crippen molar-refractivity contribution in [3.8, 4) is 0 Å². The third-order valence-corrected chi connectivity index (χ3v) is 22.3. The molecule has 0 nitrogen and oxygen atoms in total. The van der Waals surface area contributed by atoms with Gasteiger partial charge in [-0.3, -0.25) is 0 Å². The predicted octanol–water partition coefficient (Wildman–Crippen LogP) is 6.56. The molecule has 1 aliphatic rings. The average molecular weight is 357 g/mol. The predicted molar refractivity (Wildman–Crippen MR) is 87.0 cm³/mol. The molecule has 0 N–H and O–H groups in total. The third kappa shape index (κ3) is 4.90. The molecule has 0 saturated carbocycles. The molecule has 0 aromatic rings. The van der Waals surface area contributed by atoms with Gasteiger partial charge in [0.1, 0.15) is 0 Å². The van der Waals surface area contributed by atoms with E-state index >= 15 is 0 Å². The first kappa shape index (κ1) is 16.6. The normalized spacial score (nSPS) is 19.6. The summed E-state index contributed by atoms with van der Waals surface area (Å²) in [6, 6.07) is 0. The summed E-state index contributed by atoms with van der Waals surface area (Å²) in [5.41, 5.74) is 0. The van der Waals surface area contributed by atoms with Crippen LogP contribution in [0.15, 0.2) is 12.2 Å². The van der Waals surface area contributed by atoms with Crippen LogP contribution in [0.5, 0.6) is 0 Å². The van der Waals surface area contributed by atoms with Crippen LogP contribution in [0.25, 0.3) is 0 Å². The van der Waals surface area contributed by atoms with Crippen LogP contribution < -0.4 is 0 Å². The zero-order chi connectivity index (χ0) is 13.3. The first-order valence-electron chi connectivity index (χ1n) is 8.45. The minimum atomic E-state index is -1.86. The monoisotopic (exact) mass is 358 g/mol. The molecule has 0 spiro atoms. The molecule has 0 aromatic heterocycles. The van der Waals surface area contributed by atoms with Crippen LogP contribution in [0, 0.1) is 0 Å². The molecule has 1 unspecified atom stereocenters. The Labute approximate surface area is 120 Å². The van der Waals surface area contributed by atoms with Crippen molar-refractivity contribution in [3.63, 3.8) is 0 Å². The van der Waals surface area contributed by atoms with Crippen molar-refractivity contribution in [2.24, 2.45) is 0 Å². The molecule has 0 radical (unpaired) electrons. The second kappa shape index (κ2) is 9.44. The van der Waals surface area contributed by atoms with E-state index in [-0.39, 0.29) is 0 Å².